The molecule has 4 nitrogen and oxygen atoms in total. The molecule has 0 radical (unpaired) electrons. The highest BCUT2D eigenvalue weighted by molar-refractivity contribution is 5.74. The van der Waals surface area contributed by atoms with E-state index in [-0.39, 0.29) is 12.4 Å². The van der Waals surface area contributed by atoms with Gasteiger partial charge in [-0.1, -0.05) is 6.07 Å². The van der Waals surface area contributed by atoms with E-state index in [1.54, 1.807) is 0 Å². The Bertz CT molecular complexity index is 378. The first-order valence-electron chi connectivity index (χ1n) is 4.72. The molecule has 0 aromatic heterocycles. The van der Waals surface area contributed by atoms with Crippen molar-refractivity contribution in [2.24, 2.45) is 0 Å². The van der Waals surface area contributed by atoms with Gasteiger partial charge < -0.3 is 14.6 Å². The van der Waals surface area contributed by atoms with Gasteiger partial charge >= 0.3 is 5.97 Å². The fourth-order valence-corrected chi connectivity index (χ4v) is 1.14. The number of carbonyl (C=O) groups excluding carboxylic acids is 1. The molecule has 1 unspecified atom stereocenters. The summed E-state index contributed by atoms with van der Waals surface area (Å²) >= 11 is 0. The summed E-state index contributed by atoms with van der Waals surface area (Å²) in [6.07, 6.45) is -0.875. The highest BCUT2D eigenvalue weighted by Gasteiger charge is 2.16. The molecule has 88 valence electrons. The number of hydrogen-bond acceptors (Lipinski definition) is 4. The molecule has 0 spiro atoms. The minimum Gasteiger partial charge on any atom is -0.476 e. The van der Waals surface area contributed by atoms with Crippen LogP contribution in [0.1, 0.15) is 12.5 Å². The average molecular weight is 228 g/mol. The van der Waals surface area contributed by atoms with E-state index < -0.39 is 17.9 Å². The Morgan fingerprint density at radius 1 is 1.56 bits per heavy atom. The molecule has 0 bridgehead atoms. The quantitative estimate of drug-likeness (QED) is 0.788. The number of esters is 1. The molecular formula is C11H13FO4. The molecule has 1 aromatic rings. The van der Waals surface area contributed by atoms with Gasteiger partial charge in [0.1, 0.15) is 0 Å². The van der Waals surface area contributed by atoms with E-state index in [2.05, 4.69) is 4.74 Å². The maximum absolute atomic E-state index is 13.4. The van der Waals surface area contributed by atoms with Gasteiger partial charge in [0.05, 0.1) is 13.7 Å². The van der Waals surface area contributed by atoms with E-state index in [1.165, 1.54) is 26.2 Å². The molecule has 0 saturated carbocycles. The first kappa shape index (κ1) is 12.4. The van der Waals surface area contributed by atoms with Gasteiger partial charge in [-0.15, -0.1) is 0 Å². The van der Waals surface area contributed by atoms with Crippen LogP contribution in [0.4, 0.5) is 4.39 Å². The number of rotatable bonds is 4. The van der Waals surface area contributed by atoms with Gasteiger partial charge in [0.2, 0.25) is 0 Å². The minimum absolute atomic E-state index is 0.0462. The van der Waals surface area contributed by atoms with Crippen molar-refractivity contribution in [2.45, 2.75) is 19.6 Å². The Labute approximate surface area is 92.6 Å². The summed E-state index contributed by atoms with van der Waals surface area (Å²) in [5.41, 5.74) is 0.440. The van der Waals surface area contributed by atoms with Gasteiger partial charge in [0.15, 0.2) is 17.7 Å². The van der Waals surface area contributed by atoms with E-state index in [1.807, 2.05) is 0 Å². The van der Waals surface area contributed by atoms with Crippen LogP contribution in [0.5, 0.6) is 5.75 Å². The lowest BCUT2D eigenvalue weighted by molar-refractivity contribution is -0.148. The number of methoxy groups -OCH3 is 1. The summed E-state index contributed by atoms with van der Waals surface area (Å²) in [5.74, 6) is -1.25. The average Bonchev–Trinajstić information content (AvgIpc) is 2.30. The summed E-state index contributed by atoms with van der Waals surface area (Å²) in [6.45, 7) is 1.22. The highest BCUT2D eigenvalue weighted by Crippen LogP contribution is 2.19. The molecule has 0 aliphatic heterocycles. The Hall–Kier alpha value is -1.62. The van der Waals surface area contributed by atoms with Crippen LogP contribution in [0.3, 0.4) is 0 Å². The fourth-order valence-electron chi connectivity index (χ4n) is 1.14. The molecule has 1 N–H and O–H groups in total. The Kier molecular flexibility index (Phi) is 4.25. The number of ether oxygens (including phenoxy) is 2. The van der Waals surface area contributed by atoms with Crippen LogP contribution >= 0.6 is 0 Å². The molecule has 5 heteroatoms. The number of hydrogen-bond donors (Lipinski definition) is 1. The summed E-state index contributed by atoms with van der Waals surface area (Å²) in [7, 11) is 1.23. The summed E-state index contributed by atoms with van der Waals surface area (Å²) in [5, 5.41) is 8.78. The molecule has 0 fully saturated rings. The second kappa shape index (κ2) is 5.46. The van der Waals surface area contributed by atoms with Gasteiger partial charge in [0, 0.05) is 0 Å². The van der Waals surface area contributed by atoms with Crippen molar-refractivity contribution in [1.29, 1.82) is 0 Å². The molecule has 0 aliphatic carbocycles. The predicted molar refractivity (Wildman–Crippen MR) is 54.4 cm³/mol. The van der Waals surface area contributed by atoms with Crippen molar-refractivity contribution in [3.05, 3.63) is 29.6 Å². The molecule has 0 heterocycles. The van der Waals surface area contributed by atoms with Crippen molar-refractivity contribution in [2.75, 3.05) is 7.11 Å². The lowest BCUT2D eigenvalue weighted by Gasteiger charge is -2.13. The van der Waals surface area contributed by atoms with Crippen molar-refractivity contribution in [3.8, 4) is 5.75 Å². The zero-order valence-corrected chi connectivity index (χ0v) is 9.07. The Morgan fingerprint density at radius 3 is 2.75 bits per heavy atom. The van der Waals surface area contributed by atoms with E-state index in [4.69, 9.17) is 9.84 Å². The zero-order valence-electron chi connectivity index (χ0n) is 9.07. The molecule has 1 aromatic carbocycles. The number of halogens is 1. The van der Waals surface area contributed by atoms with E-state index >= 15 is 0 Å². The van der Waals surface area contributed by atoms with Crippen LogP contribution < -0.4 is 4.74 Å². The maximum atomic E-state index is 13.4. The maximum Gasteiger partial charge on any atom is 0.346 e. The predicted octanol–water partition coefficient (Wildman–Crippen LogP) is 1.26. The molecule has 0 amide bonds. The molecule has 0 saturated heterocycles. The van der Waals surface area contributed by atoms with Gasteiger partial charge in [-0.3, -0.25) is 0 Å². The molecule has 1 atom stereocenters. The van der Waals surface area contributed by atoms with E-state index in [0.717, 1.165) is 6.07 Å². The third-order valence-corrected chi connectivity index (χ3v) is 2.02. The normalized spacial score (nSPS) is 12.0. The first-order chi connectivity index (χ1) is 7.58. The summed E-state index contributed by atoms with van der Waals surface area (Å²) in [6, 6.07) is 4.03. The molecule has 1 rings (SSSR count). The van der Waals surface area contributed by atoms with E-state index in [0.29, 0.717) is 5.56 Å². The minimum atomic E-state index is -0.875. The van der Waals surface area contributed by atoms with Gasteiger partial charge in [-0.2, -0.15) is 0 Å². The largest absolute Gasteiger partial charge is 0.476 e. The van der Waals surface area contributed by atoms with Crippen LogP contribution in [0, 0.1) is 5.82 Å². The molecular weight excluding hydrogens is 215 g/mol. The Morgan fingerprint density at radius 2 is 2.25 bits per heavy atom. The van der Waals surface area contributed by atoms with Crippen molar-refractivity contribution >= 4 is 5.97 Å². The zero-order chi connectivity index (χ0) is 12.1. The van der Waals surface area contributed by atoms with Gasteiger partial charge in [0.25, 0.3) is 0 Å². The van der Waals surface area contributed by atoms with Crippen molar-refractivity contribution < 1.29 is 23.8 Å². The Balaban J connectivity index is 2.78. The van der Waals surface area contributed by atoms with Crippen LogP contribution in [0.25, 0.3) is 0 Å². The smallest absolute Gasteiger partial charge is 0.346 e. The topological polar surface area (TPSA) is 55.8 Å². The standard InChI is InChI=1S/C11H13FO4/c1-7(11(14)15-2)16-10-4-3-8(6-13)5-9(10)12/h3-5,7,13H,6H2,1-2H3. The highest BCUT2D eigenvalue weighted by atomic mass is 19.1. The number of benzene rings is 1. The number of carbonyl (C=O) groups is 1. The lowest BCUT2D eigenvalue weighted by atomic mass is 10.2. The first-order valence-corrected chi connectivity index (χ1v) is 4.72. The molecule has 16 heavy (non-hydrogen) atoms. The number of aliphatic hydroxyl groups excluding tert-OH is 1. The van der Waals surface area contributed by atoms with Gasteiger partial charge in [-0.25, -0.2) is 9.18 Å². The third kappa shape index (κ3) is 2.93. The van der Waals surface area contributed by atoms with E-state index in [9.17, 15) is 9.18 Å². The third-order valence-electron chi connectivity index (χ3n) is 2.02. The van der Waals surface area contributed by atoms with Gasteiger partial charge in [-0.05, 0) is 24.6 Å². The van der Waals surface area contributed by atoms with Crippen molar-refractivity contribution in [3.63, 3.8) is 0 Å². The second-order valence-corrected chi connectivity index (χ2v) is 3.21. The summed E-state index contributed by atoms with van der Waals surface area (Å²) in [4.78, 5) is 11.0. The monoisotopic (exact) mass is 228 g/mol. The summed E-state index contributed by atoms with van der Waals surface area (Å²) < 4.78 is 22.9. The fraction of sp³-hybridized carbons (Fsp3) is 0.364. The van der Waals surface area contributed by atoms with Crippen LogP contribution in [-0.4, -0.2) is 24.3 Å². The lowest BCUT2D eigenvalue weighted by Crippen LogP contribution is -2.25. The van der Waals surface area contributed by atoms with Crippen LogP contribution in [0.15, 0.2) is 18.2 Å². The number of aliphatic hydroxyl groups is 1. The second-order valence-electron chi connectivity index (χ2n) is 3.21. The molecule has 0 aliphatic rings. The van der Waals surface area contributed by atoms with Crippen LogP contribution in [-0.2, 0) is 16.1 Å². The van der Waals surface area contributed by atoms with Crippen molar-refractivity contribution in [1.82, 2.24) is 0 Å². The van der Waals surface area contributed by atoms with Crippen LogP contribution in [0.2, 0.25) is 0 Å². The SMILES string of the molecule is COC(=O)C(C)Oc1ccc(CO)cc1F.